The minimum Gasteiger partial charge on any atom is -0.348 e. The second-order valence-corrected chi connectivity index (χ2v) is 9.83. The van der Waals surface area contributed by atoms with Crippen LogP contribution in [0.2, 0.25) is 0 Å². The molecule has 5 heteroatoms. The number of para-hydroxylation sites is 1. The molecule has 1 heterocycles. The molecule has 0 fully saturated rings. The second-order valence-electron chi connectivity index (χ2n) is 8.06. The van der Waals surface area contributed by atoms with Crippen LogP contribution in [0.4, 0.5) is 0 Å². The topological polar surface area (TPSA) is 51.1 Å². The lowest BCUT2D eigenvalue weighted by Gasteiger charge is -2.19. The predicted molar refractivity (Wildman–Crippen MR) is 112 cm³/mol. The first-order valence-electron chi connectivity index (χ1n) is 9.24. The maximum absolute atomic E-state index is 12.6. The summed E-state index contributed by atoms with van der Waals surface area (Å²) in [5.74, 6) is 0. The highest BCUT2D eigenvalue weighted by Gasteiger charge is 2.18. The molecule has 0 saturated carbocycles. The number of rotatable bonds is 5. The van der Waals surface area contributed by atoms with Crippen LogP contribution >= 0.6 is 0 Å². The van der Waals surface area contributed by atoms with Crippen molar-refractivity contribution in [3.63, 3.8) is 0 Å². The van der Waals surface area contributed by atoms with E-state index in [2.05, 4.69) is 49.1 Å². The van der Waals surface area contributed by atoms with Crippen LogP contribution in [0.15, 0.2) is 53.4 Å². The molecule has 2 aromatic carbocycles. The summed E-state index contributed by atoms with van der Waals surface area (Å²) in [7, 11) is -1.47. The lowest BCUT2D eigenvalue weighted by atomic mass is 9.87. The molecule has 1 aromatic heterocycles. The number of benzene rings is 2. The van der Waals surface area contributed by atoms with Crippen LogP contribution in [0.3, 0.4) is 0 Å². The average Bonchev–Trinajstić information content (AvgIpc) is 2.86. The second kappa shape index (κ2) is 7.13. The van der Waals surface area contributed by atoms with Gasteiger partial charge >= 0.3 is 0 Å². The van der Waals surface area contributed by atoms with Gasteiger partial charge in [-0.25, -0.2) is 13.1 Å². The minimum absolute atomic E-state index is 0.00160. The Morgan fingerprint density at radius 3 is 2.26 bits per heavy atom. The zero-order valence-corrected chi connectivity index (χ0v) is 17.5. The monoisotopic (exact) mass is 384 g/mol. The quantitative estimate of drug-likeness (QED) is 0.713. The van der Waals surface area contributed by atoms with Crippen molar-refractivity contribution in [2.45, 2.75) is 44.4 Å². The third-order valence-electron chi connectivity index (χ3n) is 5.23. The molecule has 0 bridgehead atoms. The highest BCUT2D eigenvalue weighted by atomic mass is 32.2. The van der Waals surface area contributed by atoms with Crippen LogP contribution in [0.5, 0.6) is 0 Å². The van der Waals surface area contributed by atoms with Crippen LogP contribution in [0.25, 0.3) is 10.9 Å². The Kier molecular flexibility index (Phi) is 5.19. The van der Waals surface area contributed by atoms with Crippen LogP contribution < -0.4 is 4.72 Å². The molecule has 0 amide bonds. The van der Waals surface area contributed by atoms with Gasteiger partial charge in [-0.3, -0.25) is 0 Å². The molecule has 0 atom stereocenters. The van der Waals surface area contributed by atoms with Crippen molar-refractivity contribution in [1.82, 2.24) is 9.29 Å². The van der Waals surface area contributed by atoms with E-state index in [4.69, 9.17) is 0 Å². The Labute approximate surface area is 162 Å². The molecule has 0 saturated heterocycles. The van der Waals surface area contributed by atoms with Gasteiger partial charge in [0.1, 0.15) is 0 Å². The van der Waals surface area contributed by atoms with E-state index in [1.54, 1.807) is 12.1 Å². The fourth-order valence-electron chi connectivity index (χ4n) is 3.44. The number of nitrogens with zero attached hydrogens (tertiary/aromatic N) is 1. The van der Waals surface area contributed by atoms with E-state index >= 15 is 0 Å². The number of fused-ring (bicyclic) bond motifs is 1. The van der Waals surface area contributed by atoms with Gasteiger partial charge < -0.3 is 4.57 Å². The van der Waals surface area contributed by atoms with Gasteiger partial charge in [-0.05, 0) is 48.1 Å². The minimum atomic E-state index is -3.51. The number of aromatic nitrogens is 1. The van der Waals surface area contributed by atoms with Crippen molar-refractivity contribution in [1.29, 1.82) is 0 Å². The molecule has 0 spiro atoms. The number of aryl methyl sites for hydroxylation is 1. The van der Waals surface area contributed by atoms with Crippen molar-refractivity contribution < 1.29 is 8.42 Å². The Balaban J connectivity index is 1.74. The summed E-state index contributed by atoms with van der Waals surface area (Å²) in [5.41, 5.74) is 4.66. The molecule has 0 unspecified atom stereocenters. The van der Waals surface area contributed by atoms with Gasteiger partial charge in [0.25, 0.3) is 0 Å². The van der Waals surface area contributed by atoms with E-state index in [-0.39, 0.29) is 5.41 Å². The highest BCUT2D eigenvalue weighted by molar-refractivity contribution is 7.89. The van der Waals surface area contributed by atoms with Crippen molar-refractivity contribution >= 4 is 20.9 Å². The molecular weight excluding hydrogens is 356 g/mol. The molecule has 4 nitrogen and oxygen atoms in total. The summed E-state index contributed by atoms with van der Waals surface area (Å²) in [6.45, 7) is 8.79. The zero-order valence-electron chi connectivity index (χ0n) is 16.7. The summed E-state index contributed by atoms with van der Waals surface area (Å²) in [6, 6.07) is 15.4. The molecule has 27 heavy (non-hydrogen) atoms. The van der Waals surface area contributed by atoms with Crippen LogP contribution in [0.1, 0.15) is 37.6 Å². The lowest BCUT2D eigenvalue weighted by Crippen LogP contribution is -2.26. The summed E-state index contributed by atoms with van der Waals surface area (Å²) >= 11 is 0. The van der Waals surface area contributed by atoms with Gasteiger partial charge in [0, 0.05) is 30.2 Å². The van der Waals surface area contributed by atoms with E-state index in [1.807, 2.05) is 31.3 Å². The maximum atomic E-state index is 12.6. The first-order chi connectivity index (χ1) is 12.6. The Bertz CT molecular complexity index is 1060. The van der Waals surface area contributed by atoms with Crippen molar-refractivity contribution in [2.75, 3.05) is 6.54 Å². The van der Waals surface area contributed by atoms with Crippen LogP contribution in [-0.2, 0) is 28.9 Å². The molecule has 0 radical (unpaired) electrons. The van der Waals surface area contributed by atoms with Gasteiger partial charge in [0.15, 0.2) is 0 Å². The van der Waals surface area contributed by atoms with Gasteiger partial charge in [-0.1, -0.05) is 51.1 Å². The smallest absolute Gasteiger partial charge is 0.240 e. The molecule has 144 valence electrons. The maximum Gasteiger partial charge on any atom is 0.240 e. The van der Waals surface area contributed by atoms with E-state index in [1.165, 1.54) is 22.2 Å². The summed E-state index contributed by atoms with van der Waals surface area (Å²) in [4.78, 5) is 0.310. The third kappa shape index (κ3) is 3.94. The van der Waals surface area contributed by atoms with E-state index < -0.39 is 10.0 Å². The van der Waals surface area contributed by atoms with E-state index in [0.717, 1.165) is 5.56 Å². The Morgan fingerprint density at radius 2 is 1.63 bits per heavy atom. The fourth-order valence-corrected chi connectivity index (χ4v) is 4.47. The van der Waals surface area contributed by atoms with E-state index in [0.29, 0.717) is 17.9 Å². The highest BCUT2D eigenvalue weighted by Crippen LogP contribution is 2.25. The SMILES string of the molecule is Cc1c(CCNS(=O)(=O)c2ccc(C(C)(C)C)cc2)c2ccccc2n1C. The van der Waals surface area contributed by atoms with Gasteiger partial charge in [0.05, 0.1) is 4.90 Å². The Morgan fingerprint density at radius 1 is 1.00 bits per heavy atom. The number of nitrogens with one attached hydrogen (secondary N) is 1. The van der Waals surface area contributed by atoms with Crippen LogP contribution in [-0.4, -0.2) is 19.5 Å². The standard InChI is InChI=1S/C22H28N2O2S/c1-16-19(20-8-6-7-9-21(20)24(16)5)14-15-23-27(25,26)18-12-10-17(11-13-18)22(2,3)4/h6-13,23H,14-15H2,1-5H3. The Hall–Kier alpha value is -2.11. The largest absolute Gasteiger partial charge is 0.348 e. The first-order valence-corrected chi connectivity index (χ1v) is 10.7. The van der Waals surface area contributed by atoms with Gasteiger partial charge in [-0.15, -0.1) is 0 Å². The summed E-state index contributed by atoms with van der Waals surface area (Å²) in [6.07, 6.45) is 0.659. The summed E-state index contributed by atoms with van der Waals surface area (Å²) in [5, 5.41) is 1.19. The molecule has 0 aliphatic carbocycles. The predicted octanol–water partition coefficient (Wildman–Crippen LogP) is 4.31. The number of hydrogen-bond acceptors (Lipinski definition) is 2. The van der Waals surface area contributed by atoms with Crippen LogP contribution in [0, 0.1) is 6.92 Å². The summed E-state index contributed by atoms with van der Waals surface area (Å²) < 4.78 is 30.1. The molecule has 0 aliphatic heterocycles. The number of sulfonamides is 1. The first kappa shape index (κ1) is 19.6. The molecular formula is C22H28N2O2S. The molecule has 3 rings (SSSR count). The lowest BCUT2D eigenvalue weighted by molar-refractivity contribution is 0.578. The zero-order chi connectivity index (χ0) is 19.8. The molecule has 0 aliphatic rings. The fraction of sp³-hybridized carbons (Fsp3) is 0.364. The van der Waals surface area contributed by atoms with Crippen molar-refractivity contribution in [3.8, 4) is 0 Å². The molecule has 1 N–H and O–H groups in total. The van der Waals surface area contributed by atoms with E-state index in [9.17, 15) is 8.42 Å². The van der Waals surface area contributed by atoms with Crippen molar-refractivity contribution in [3.05, 3.63) is 65.4 Å². The average molecular weight is 385 g/mol. The normalized spacial score (nSPS) is 12.6. The van der Waals surface area contributed by atoms with Crippen molar-refractivity contribution in [2.24, 2.45) is 7.05 Å². The van der Waals surface area contributed by atoms with Gasteiger partial charge in [0.2, 0.25) is 10.0 Å². The third-order valence-corrected chi connectivity index (χ3v) is 6.71. The molecule has 3 aromatic rings. The van der Waals surface area contributed by atoms with Gasteiger partial charge in [-0.2, -0.15) is 0 Å². The number of hydrogen-bond donors (Lipinski definition) is 1.